The number of nitrogens with zero attached hydrogens (tertiary/aromatic N) is 1. The lowest BCUT2D eigenvalue weighted by molar-refractivity contribution is -0.0459. The molecule has 0 aliphatic carbocycles. The summed E-state index contributed by atoms with van der Waals surface area (Å²) in [5, 5.41) is 19.0. The first-order chi connectivity index (χ1) is 6.99. The molecule has 5 heteroatoms. The molecule has 1 atom stereocenters. The Bertz CT molecular complexity index is 239. The highest BCUT2D eigenvalue weighted by molar-refractivity contribution is 5.68. The van der Waals surface area contributed by atoms with Crippen LogP contribution < -0.4 is 0 Å². The van der Waals surface area contributed by atoms with Crippen molar-refractivity contribution < 1.29 is 19.7 Å². The highest BCUT2D eigenvalue weighted by Gasteiger charge is 2.34. The standard InChI is InChI=1S/C11H23NO4/c1-10(2,3)16-9(14)12(6)8(7-13)11(4,5)15/h8,13,15H,7H2,1-6H3/t8-/m1/s1. The third-order valence-corrected chi connectivity index (χ3v) is 2.14. The number of ether oxygens (including phenoxy) is 1. The maximum atomic E-state index is 11.7. The number of hydrogen-bond donors (Lipinski definition) is 2. The first-order valence-corrected chi connectivity index (χ1v) is 5.28. The molecule has 0 radical (unpaired) electrons. The zero-order chi connectivity index (χ0) is 13.1. The molecule has 5 nitrogen and oxygen atoms in total. The topological polar surface area (TPSA) is 70.0 Å². The van der Waals surface area contributed by atoms with Crippen molar-refractivity contribution in [3.05, 3.63) is 0 Å². The molecule has 0 unspecified atom stereocenters. The third kappa shape index (κ3) is 4.81. The second-order valence-corrected chi connectivity index (χ2v) is 5.44. The quantitative estimate of drug-likeness (QED) is 0.762. The molecule has 0 heterocycles. The predicted molar refractivity (Wildman–Crippen MR) is 61.2 cm³/mol. The van der Waals surface area contributed by atoms with Crippen LogP contribution in [0.3, 0.4) is 0 Å². The maximum absolute atomic E-state index is 11.7. The molecular weight excluding hydrogens is 210 g/mol. The zero-order valence-electron chi connectivity index (χ0n) is 10.9. The smallest absolute Gasteiger partial charge is 0.410 e. The Kier molecular flexibility index (Phi) is 4.76. The third-order valence-electron chi connectivity index (χ3n) is 2.14. The number of carbonyl (C=O) groups excluding carboxylic acids is 1. The van der Waals surface area contributed by atoms with Crippen molar-refractivity contribution in [3.8, 4) is 0 Å². The van der Waals surface area contributed by atoms with E-state index < -0.39 is 23.3 Å². The minimum Gasteiger partial charge on any atom is -0.444 e. The molecular formula is C11H23NO4. The van der Waals surface area contributed by atoms with Crippen molar-refractivity contribution in [1.29, 1.82) is 0 Å². The van der Waals surface area contributed by atoms with Gasteiger partial charge in [0.25, 0.3) is 0 Å². The van der Waals surface area contributed by atoms with E-state index >= 15 is 0 Å². The Labute approximate surface area is 97.0 Å². The molecule has 0 bridgehead atoms. The van der Waals surface area contributed by atoms with E-state index in [-0.39, 0.29) is 6.61 Å². The van der Waals surface area contributed by atoms with Crippen molar-refractivity contribution >= 4 is 6.09 Å². The van der Waals surface area contributed by atoms with Crippen LogP contribution in [0, 0.1) is 0 Å². The van der Waals surface area contributed by atoms with Crippen LogP contribution in [0.5, 0.6) is 0 Å². The molecule has 0 spiro atoms. The lowest BCUT2D eigenvalue weighted by Crippen LogP contribution is -2.53. The molecule has 1 amide bonds. The largest absolute Gasteiger partial charge is 0.444 e. The predicted octanol–water partition coefficient (Wildman–Crippen LogP) is 0.985. The molecule has 0 rings (SSSR count). The number of rotatable bonds is 3. The van der Waals surface area contributed by atoms with Crippen LogP contribution in [-0.2, 0) is 4.74 Å². The highest BCUT2D eigenvalue weighted by atomic mass is 16.6. The van der Waals surface area contributed by atoms with E-state index in [4.69, 9.17) is 9.84 Å². The van der Waals surface area contributed by atoms with Gasteiger partial charge in [0.05, 0.1) is 18.2 Å². The van der Waals surface area contributed by atoms with Gasteiger partial charge in [-0.1, -0.05) is 0 Å². The summed E-state index contributed by atoms with van der Waals surface area (Å²) in [5.74, 6) is 0. The van der Waals surface area contributed by atoms with Crippen molar-refractivity contribution in [3.63, 3.8) is 0 Å². The van der Waals surface area contributed by atoms with Gasteiger partial charge in [0.1, 0.15) is 5.60 Å². The molecule has 16 heavy (non-hydrogen) atoms. The fourth-order valence-electron chi connectivity index (χ4n) is 1.28. The van der Waals surface area contributed by atoms with Gasteiger partial charge in [-0.2, -0.15) is 0 Å². The van der Waals surface area contributed by atoms with Crippen molar-refractivity contribution in [1.82, 2.24) is 4.90 Å². The molecule has 0 saturated carbocycles. The first-order valence-electron chi connectivity index (χ1n) is 5.28. The van der Waals surface area contributed by atoms with Gasteiger partial charge < -0.3 is 19.8 Å². The Balaban J connectivity index is 4.65. The van der Waals surface area contributed by atoms with Crippen LogP contribution in [0.25, 0.3) is 0 Å². The lowest BCUT2D eigenvalue weighted by Gasteiger charge is -2.36. The van der Waals surface area contributed by atoms with E-state index in [1.165, 1.54) is 25.8 Å². The number of likely N-dealkylation sites (N-methyl/N-ethyl adjacent to an activating group) is 1. The summed E-state index contributed by atoms with van der Waals surface area (Å²) >= 11 is 0. The molecule has 0 fully saturated rings. The average Bonchev–Trinajstić information content (AvgIpc) is 1.99. The maximum Gasteiger partial charge on any atom is 0.410 e. The molecule has 96 valence electrons. The molecule has 0 aliphatic rings. The fraction of sp³-hybridized carbons (Fsp3) is 0.909. The van der Waals surface area contributed by atoms with E-state index in [2.05, 4.69) is 0 Å². The van der Waals surface area contributed by atoms with Gasteiger partial charge in [-0.05, 0) is 34.6 Å². The molecule has 0 aromatic carbocycles. The van der Waals surface area contributed by atoms with E-state index in [0.717, 1.165) is 0 Å². The monoisotopic (exact) mass is 233 g/mol. The van der Waals surface area contributed by atoms with Crippen LogP contribution in [0.2, 0.25) is 0 Å². The second kappa shape index (κ2) is 5.01. The Morgan fingerprint density at radius 1 is 1.31 bits per heavy atom. The number of carbonyl (C=O) groups is 1. The normalized spacial score (nSPS) is 14.5. The molecule has 2 N–H and O–H groups in total. The molecule has 0 aromatic rings. The van der Waals surface area contributed by atoms with Crippen LogP contribution >= 0.6 is 0 Å². The highest BCUT2D eigenvalue weighted by Crippen LogP contribution is 2.17. The Hall–Kier alpha value is -0.810. The Morgan fingerprint density at radius 2 is 1.75 bits per heavy atom. The van der Waals surface area contributed by atoms with E-state index in [0.29, 0.717) is 0 Å². The number of aliphatic hydroxyl groups is 2. The zero-order valence-corrected chi connectivity index (χ0v) is 10.9. The van der Waals surface area contributed by atoms with Gasteiger partial charge in [0.2, 0.25) is 0 Å². The molecule has 0 aliphatic heterocycles. The number of hydrogen-bond acceptors (Lipinski definition) is 4. The summed E-state index contributed by atoms with van der Waals surface area (Å²) < 4.78 is 5.14. The van der Waals surface area contributed by atoms with Gasteiger partial charge in [0, 0.05) is 7.05 Å². The van der Waals surface area contributed by atoms with Crippen molar-refractivity contribution in [2.45, 2.75) is 51.9 Å². The van der Waals surface area contributed by atoms with Crippen LogP contribution in [0.1, 0.15) is 34.6 Å². The van der Waals surface area contributed by atoms with E-state index in [1.54, 1.807) is 20.8 Å². The van der Waals surface area contributed by atoms with Gasteiger partial charge in [-0.15, -0.1) is 0 Å². The summed E-state index contributed by atoms with van der Waals surface area (Å²) in [7, 11) is 1.49. The van der Waals surface area contributed by atoms with Crippen LogP contribution in [-0.4, -0.2) is 52.1 Å². The van der Waals surface area contributed by atoms with Crippen LogP contribution in [0.15, 0.2) is 0 Å². The summed E-state index contributed by atoms with van der Waals surface area (Å²) in [4.78, 5) is 12.9. The van der Waals surface area contributed by atoms with Gasteiger partial charge in [-0.25, -0.2) is 4.79 Å². The number of aliphatic hydroxyl groups excluding tert-OH is 1. The van der Waals surface area contributed by atoms with Crippen molar-refractivity contribution in [2.75, 3.05) is 13.7 Å². The van der Waals surface area contributed by atoms with Crippen molar-refractivity contribution in [2.24, 2.45) is 0 Å². The summed E-state index contributed by atoms with van der Waals surface area (Å²) in [5.41, 5.74) is -1.77. The second-order valence-electron chi connectivity index (χ2n) is 5.44. The minimum absolute atomic E-state index is 0.320. The van der Waals surface area contributed by atoms with E-state index in [1.807, 2.05) is 0 Å². The first kappa shape index (κ1) is 15.2. The van der Waals surface area contributed by atoms with Gasteiger partial charge in [0.15, 0.2) is 0 Å². The average molecular weight is 233 g/mol. The fourth-order valence-corrected chi connectivity index (χ4v) is 1.28. The minimum atomic E-state index is -1.18. The summed E-state index contributed by atoms with van der Waals surface area (Å²) in [6.45, 7) is 8.03. The molecule has 0 aromatic heterocycles. The van der Waals surface area contributed by atoms with Crippen LogP contribution in [0.4, 0.5) is 4.79 Å². The summed E-state index contributed by atoms with van der Waals surface area (Å²) in [6, 6.07) is -0.692. The number of amides is 1. The Morgan fingerprint density at radius 3 is 2.00 bits per heavy atom. The van der Waals surface area contributed by atoms with Gasteiger partial charge in [-0.3, -0.25) is 0 Å². The lowest BCUT2D eigenvalue weighted by atomic mass is 9.99. The molecule has 0 saturated heterocycles. The summed E-state index contributed by atoms with van der Waals surface area (Å²) in [6.07, 6.45) is -0.561. The van der Waals surface area contributed by atoms with Gasteiger partial charge >= 0.3 is 6.09 Å². The van der Waals surface area contributed by atoms with E-state index in [9.17, 15) is 9.90 Å². The SMILES string of the molecule is CN(C(=O)OC(C)(C)C)[C@H](CO)C(C)(C)O.